The predicted octanol–water partition coefficient (Wildman–Crippen LogP) is 1.49. The normalized spacial score (nSPS) is 26.5. The lowest BCUT2D eigenvalue weighted by molar-refractivity contribution is -1.11. The van der Waals surface area contributed by atoms with Crippen LogP contribution in [0.15, 0.2) is 66.7 Å². The Morgan fingerprint density at radius 2 is 1.69 bits per heavy atom. The maximum absolute atomic E-state index is 6.35. The highest BCUT2D eigenvalue weighted by Crippen LogP contribution is 2.50. The molecule has 0 radical (unpaired) electrons. The lowest BCUT2D eigenvalue weighted by atomic mass is 9.87. The molecule has 26 heavy (non-hydrogen) atoms. The molecule has 0 amide bonds. The molecule has 0 bridgehead atoms. The SMILES string of the molecule is C[N+]1(Cc2ccccc2)OCC2COc3ccc4ccccc4c3C21.[Br-]. The molecule has 4 heteroatoms. The van der Waals surface area contributed by atoms with Gasteiger partial charge in [0, 0.05) is 5.56 Å². The van der Waals surface area contributed by atoms with Gasteiger partial charge in [-0.3, -0.25) is 0 Å². The molecule has 2 heterocycles. The molecule has 134 valence electrons. The van der Waals surface area contributed by atoms with Crippen LogP contribution in [0.3, 0.4) is 0 Å². The Hall–Kier alpha value is -1.88. The molecule has 0 N–H and O–H groups in total. The van der Waals surface area contributed by atoms with Gasteiger partial charge < -0.3 is 21.7 Å². The summed E-state index contributed by atoms with van der Waals surface area (Å²) in [6.45, 7) is 2.35. The van der Waals surface area contributed by atoms with Crippen LogP contribution in [0.1, 0.15) is 17.2 Å². The third kappa shape index (κ3) is 2.73. The summed E-state index contributed by atoms with van der Waals surface area (Å²) < 4.78 is 6.68. The van der Waals surface area contributed by atoms with Gasteiger partial charge in [-0.15, -0.1) is 0 Å². The van der Waals surface area contributed by atoms with E-state index in [1.807, 2.05) is 0 Å². The third-order valence-electron chi connectivity index (χ3n) is 5.64. The van der Waals surface area contributed by atoms with Gasteiger partial charge in [-0.25, -0.2) is 4.84 Å². The maximum atomic E-state index is 6.35. The molecule has 3 aromatic rings. The van der Waals surface area contributed by atoms with Crippen LogP contribution in [0.2, 0.25) is 0 Å². The highest BCUT2D eigenvalue weighted by atomic mass is 79.9. The van der Waals surface area contributed by atoms with Crippen molar-refractivity contribution >= 4 is 10.8 Å². The Balaban J connectivity index is 0.00000168. The van der Waals surface area contributed by atoms with Crippen LogP contribution in [0, 0.1) is 5.92 Å². The van der Waals surface area contributed by atoms with Gasteiger partial charge in [0.05, 0.1) is 25.1 Å². The van der Waals surface area contributed by atoms with Gasteiger partial charge in [-0.1, -0.05) is 60.7 Å². The van der Waals surface area contributed by atoms with Crippen molar-refractivity contribution in [1.29, 1.82) is 0 Å². The summed E-state index contributed by atoms with van der Waals surface area (Å²) in [6.07, 6.45) is 0. The second-order valence-corrected chi connectivity index (χ2v) is 7.33. The molecule has 0 aliphatic carbocycles. The quantitative estimate of drug-likeness (QED) is 0.594. The van der Waals surface area contributed by atoms with Crippen LogP contribution in [-0.4, -0.2) is 24.9 Å². The van der Waals surface area contributed by atoms with Crippen molar-refractivity contribution in [1.82, 2.24) is 0 Å². The van der Waals surface area contributed by atoms with E-state index in [1.54, 1.807) is 0 Å². The van der Waals surface area contributed by atoms with Gasteiger partial charge in [0.1, 0.15) is 18.9 Å². The van der Waals surface area contributed by atoms with Crippen molar-refractivity contribution < 1.29 is 31.2 Å². The number of hydrogen-bond donors (Lipinski definition) is 0. The van der Waals surface area contributed by atoms with E-state index in [-0.39, 0.29) is 17.0 Å². The molecular weight excluding hydrogens is 390 g/mol. The number of quaternary nitrogens is 1. The highest BCUT2D eigenvalue weighted by molar-refractivity contribution is 5.88. The Labute approximate surface area is 164 Å². The summed E-state index contributed by atoms with van der Waals surface area (Å²) in [5.41, 5.74) is 2.62. The summed E-state index contributed by atoms with van der Waals surface area (Å²) in [7, 11) is 2.22. The van der Waals surface area contributed by atoms with Crippen molar-refractivity contribution in [3.05, 3.63) is 77.9 Å². The molecule has 2 aliphatic rings. The molecule has 3 nitrogen and oxygen atoms in total. The first-order chi connectivity index (χ1) is 12.2. The summed E-state index contributed by atoms with van der Waals surface area (Å²) in [5, 5.41) is 2.56. The largest absolute Gasteiger partial charge is 1.00 e. The standard InChI is InChI=1S/C22H22NO2.BrH/c1-23(13-16-7-3-2-4-8-16)22-18(15-25-23)14-24-20-12-11-17-9-5-6-10-19(17)21(20)22;/h2-12,18,22H,13-15H2,1H3;1H/q+1;/p-1. The number of halogens is 1. The van der Waals surface area contributed by atoms with Crippen LogP contribution < -0.4 is 21.7 Å². The second-order valence-electron chi connectivity index (χ2n) is 7.33. The van der Waals surface area contributed by atoms with Crippen molar-refractivity contribution in [3.8, 4) is 5.75 Å². The molecule has 0 aromatic heterocycles. The Bertz CT molecular complexity index is 930. The number of fused-ring (bicyclic) bond motifs is 5. The number of nitrogens with zero attached hydrogens (tertiary/aromatic N) is 1. The number of rotatable bonds is 2. The first-order valence-electron chi connectivity index (χ1n) is 8.93. The van der Waals surface area contributed by atoms with Crippen LogP contribution in [0.25, 0.3) is 10.8 Å². The minimum absolute atomic E-state index is 0. The number of hydroxylamine groups is 3. The molecule has 1 fully saturated rings. The van der Waals surface area contributed by atoms with Crippen molar-refractivity contribution in [2.75, 3.05) is 20.3 Å². The van der Waals surface area contributed by atoms with Gasteiger partial charge in [0.15, 0.2) is 6.04 Å². The average molecular weight is 412 g/mol. The zero-order valence-electron chi connectivity index (χ0n) is 14.8. The smallest absolute Gasteiger partial charge is 0.157 e. The van der Waals surface area contributed by atoms with Gasteiger partial charge in [0.2, 0.25) is 0 Å². The molecule has 1 saturated heterocycles. The Morgan fingerprint density at radius 3 is 2.54 bits per heavy atom. The Kier molecular flexibility index (Phi) is 4.51. The minimum atomic E-state index is 0. The summed E-state index contributed by atoms with van der Waals surface area (Å²) in [4.78, 5) is 6.35. The van der Waals surface area contributed by atoms with Crippen LogP contribution in [0.4, 0.5) is 0 Å². The molecule has 3 atom stereocenters. The third-order valence-corrected chi connectivity index (χ3v) is 5.64. The van der Waals surface area contributed by atoms with Gasteiger partial charge in [-0.05, 0) is 16.8 Å². The van der Waals surface area contributed by atoms with Crippen LogP contribution >= 0.6 is 0 Å². The van der Waals surface area contributed by atoms with Gasteiger partial charge in [-0.2, -0.15) is 4.65 Å². The number of hydrogen-bond acceptors (Lipinski definition) is 2. The van der Waals surface area contributed by atoms with E-state index in [2.05, 4.69) is 73.8 Å². The fourth-order valence-electron chi connectivity index (χ4n) is 4.52. The molecule has 2 aliphatic heterocycles. The van der Waals surface area contributed by atoms with Crippen molar-refractivity contribution in [3.63, 3.8) is 0 Å². The van der Waals surface area contributed by atoms with E-state index in [9.17, 15) is 0 Å². The first kappa shape index (κ1) is 17.5. The molecular formula is C22H22BrNO2. The van der Waals surface area contributed by atoms with Crippen molar-refractivity contribution in [2.24, 2.45) is 5.92 Å². The first-order valence-corrected chi connectivity index (χ1v) is 8.93. The predicted molar refractivity (Wildman–Crippen MR) is 98.0 cm³/mol. The average Bonchev–Trinajstić information content (AvgIpc) is 2.99. The fourth-order valence-corrected chi connectivity index (χ4v) is 4.52. The topological polar surface area (TPSA) is 18.5 Å². The minimum Gasteiger partial charge on any atom is -1.00 e. The summed E-state index contributed by atoms with van der Waals surface area (Å²) in [6, 6.07) is 23.8. The van der Waals surface area contributed by atoms with Crippen LogP contribution in [-0.2, 0) is 11.4 Å². The van der Waals surface area contributed by atoms with E-state index in [0.717, 1.165) is 25.5 Å². The Morgan fingerprint density at radius 1 is 0.923 bits per heavy atom. The van der Waals surface area contributed by atoms with Crippen LogP contribution in [0.5, 0.6) is 5.75 Å². The molecule has 3 unspecified atom stereocenters. The second kappa shape index (κ2) is 6.69. The van der Waals surface area contributed by atoms with E-state index in [1.165, 1.54) is 21.9 Å². The summed E-state index contributed by atoms with van der Waals surface area (Å²) in [5.74, 6) is 1.41. The summed E-state index contributed by atoms with van der Waals surface area (Å²) >= 11 is 0. The molecule has 5 rings (SSSR count). The molecule has 0 spiro atoms. The lowest BCUT2D eigenvalue weighted by Crippen LogP contribution is -3.00. The van der Waals surface area contributed by atoms with E-state index < -0.39 is 0 Å². The molecule has 0 saturated carbocycles. The van der Waals surface area contributed by atoms with Gasteiger partial charge >= 0.3 is 0 Å². The van der Waals surface area contributed by atoms with Crippen molar-refractivity contribution in [2.45, 2.75) is 12.6 Å². The van der Waals surface area contributed by atoms with E-state index >= 15 is 0 Å². The lowest BCUT2D eigenvalue weighted by Gasteiger charge is -2.37. The zero-order chi connectivity index (χ0) is 16.9. The number of benzene rings is 3. The molecule has 3 aromatic carbocycles. The highest BCUT2D eigenvalue weighted by Gasteiger charge is 2.52. The maximum Gasteiger partial charge on any atom is 0.157 e. The van der Waals surface area contributed by atoms with Gasteiger partial charge in [0.25, 0.3) is 0 Å². The zero-order valence-corrected chi connectivity index (χ0v) is 16.4. The van der Waals surface area contributed by atoms with E-state index in [0.29, 0.717) is 16.6 Å². The fraction of sp³-hybridized carbons (Fsp3) is 0.273. The monoisotopic (exact) mass is 411 g/mol. The number of ether oxygens (including phenoxy) is 1. The van der Waals surface area contributed by atoms with E-state index in [4.69, 9.17) is 9.57 Å².